The number of likely N-dealkylation sites (N-methyl/N-ethyl adjacent to an activating group) is 1. The lowest BCUT2D eigenvalue weighted by Crippen LogP contribution is -2.23. The zero-order valence-electron chi connectivity index (χ0n) is 12.5. The van der Waals surface area contributed by atoms with Crippen LogP contribution in [0, 0.1) is 0 Å². The van der Waals surface area contributed by atoms with Crippen LogP contribution in [0.15, 0.2) is 24.5 Å². The zero-order valence-corrected chi connectivity index (χ0v) is 12.5. The molecular weight excluding hydrogens is 250 g/mol. The highest BCUT2D eigenvalue weighted by Crippen LogP contribution is 2.26. The number of hydrogen-bond acceptors (Lipinski definition) is 4. The Kier molecular flexibility index (Phi) is 4.61. The smallest absolute Gasteiger partial charge is 0.150 e. The number of nitrogen functional groups attached to an aromatic ring is 1. The summed E-state index contributed by atoms with van der Waals surface area (Å²) >= 11 is 0. The van der Waals surface area contributed by atoms with Gasteiger partial charge in [-0.2, -0.15) is 5.10 Å². The van der Waals surface area contributed by atoms with Crippen molar-refractivity contribution in [2.75, 3.05) is 24.2 Å². The van der Waals surface area contributed by atoms with Crippen LogP contribution in [0.25, 0.3) is 0 Å². The maximum atomic E-state index is 6.23. The SMILES string of the molecule is CCCc1nn(C)c(N(C)CCc2ccncc2)c1N. The van der Waals surface area contributed by atoms with E-state index in [1.807, 2.05) is 36.3 Å². The van der Waals surface area contributed by atoms with E-state index in [9.17, 15) is 0 Å². The van der Waals surface area contributed by atoms with E-state index in [1.165, 1.54) is 5.56 Å². The molecule has 0 aliphatic rings. The Hall–Kier alpha value is -2.04. The molecule has 2 aromatic rings. The van der Waals surface area contributed by atoms with Gasteiger partial charge in [-0.05, 0) is 30.5 Å². The second-order valence-corrected chi connectivity index (χ2v) is 5.08. The van der Waals surface area contributed by atoms with Crippen LogP contribution in [-0.2, 0) is 19.9 Å². The molecule has 0 fully saturated rings. The van der Waals surface area contributed by atoms with E-state index in [1.54, 1.807) is 0 Å². The van der Waals surface area contributed by atoms with Gasteiger partial charge in [0.2, 0.25) is 0 Å². The molecule has 0 aliphatic carbocycles. The van der Waals surface area contributed by atoms with Crippen LogP contribution < -0.4 is 10.6 Å². The van der Waals surface area contributed by atoms with E-state index in [0.717, 1.165) is 43.0 Å². The van der Waals surface area contributed by atoms with Crippen molar-refractivity contribution in [3.63, 3.8) is 0 Å². The van der Waals surface area contributed by atoms with Gasteiger partial charge in [0.25, 0.3) is 0 Å². The fourth-order valence-corrected chi connectivity index (χ4v) is 2.41. The summed E-state index contributed by atoms with van der Waals surface area (Å²) in [5, 5.41) is 4.52. The molecule has 0 aliphatic heterocycles. The molecule has 2 heterocycles. The van der Waals surface area contributed by atoms with Crippen LogP contribution in [0.1, 0.15) is 24.6 Å². The molecule has 0 aromatic carbocycles. The summed E-state index contributed by atoms with van der Waals surface area (Å²) in [5.41, 5.74) is 9.32. The van der Waals surface area contributed by atoms with Crippen LogP contribution in [0.4, 0.5) is 11.5 Å². The van der Waals surface area contributed by atoms with Crippen LogP contribution >= 0.6 is 0 Å². The van der Waals surface area contributed by atoms with Gasteiger partial charge in [-0.25, -0.2) is 0 Å². The molecule has 0 saturated carbocycles. The van der Waals surface area contributed by atoms with Crippen molar-refractivity contribution in [3.8, 4) is 0 Å². The number of nitrogens with zero attached hydrogens (tertiary/aromatic N) is 4. The van der Waals surface area contributed by atoms with Gasteiger partial charge in [-0.1, -0.05) is 13.3 Å². The molecule has 5 nitrogen and oxygen atoms in total. The molecular formula is C15H23N5. The van der Waals surface area contributed by atoms with Gasteiger partial charge in [0.05, 0.1) is 11.4 Å². The van der Waals surface area contributed by atoms with Gasteiger partial charge in [0, 0.05) is 33.0 Å². The van der Waals surface area contributed by atoms with E-state index < -0.39 is 0 Å². The van der Waals surface area contributed by atoms with Gasteiger partial charge in [0.1, 0.15) is 5.82 Å². The third kappa shape index (κ3) is 3.10. The minimum absolute atomic E-state index is 0.812. The number of anilines is 2. The molecule has 2 aromatic heterocycles. The van der Waals surface area contributed by atoms with Crippen molar-refractivity contribution in [1.82, 2.24) is 14.8 Å². The summed E-state index contributed by atoms with van der Waals surface area (Å²) in [6.45, 7) is 3.04. The van der Waals surface area contributed by atoms with Crippen molar-refractivity contribution >= 4 is 11.5 Å². The third-order valence-corrected chi connectivity index (χ3v) is 3.46. The Bertz CT molecular complexity index is 547. The van der Waals surface area contributed by atoms with Crippen molar-refractivity contribution < 1.29 is 0 Å². The van der Waals surface area contributed by atoms with Gasteiger partial charge in [-0.3, -0.25) is 9.67 Å². The zero-order chi connectivity index (χ0) is 14.5. The Balaban J connectivity index is 2.07. The minimum Gasteiger partial charge on any atom is -0.394 e. The first-order chi connectivity index (χ1) is 9.63. The Morgan fingerprint density at radius 3 is 2.60 bits per heavy atom. The van der Waals surface area contributed by atoms with E-state index >= 15 is 0 Å². The highest BCUT2D eigenvalue weighted by atomic mass is 15.4. The first-order valence-electron chi connectivity index (χ1n) is 7.04. The lowest BCUT2D eigenvalue weighted by Gasteiger charge is -2.20. The average molecular weight is 273 g/mol. The largest absolute Gasteiger partial charge is 0.394 e. The quantitative estimate of drug-likeness (QED) is 0.875. The predicted octanol–water partition coefficient (Wildman–Crippen LogP) is 2.03. The maximum absolute atomic E-state index is 6.23. The third-order valence-electron chi connectivity index (χ3n) is 3.46. The summed E-state index contributed by atoms with van der Waals surface area (Å²) < 4.78 is 1.88. The highest BCUT2D eigenvalue weighted by molar-refractivity contribution is 5.66. The van der Waals surface area contributed by atoms with E-state index in [-0.39, 0.29) is 0 Å². The number of pyridine rings is 1. The molecule has 0 spiro atoms. The fraction of sp³-hybridized carbons (Fsp3) is 0.467. The molecule has 0 unspecified atom stereocenters. The normalized spacial score (nSPS) is 10.8. The molecule has 2 N–H and O–H groups in total. The van der Waals surface area contributed by atoms with Gasteiger partial charge < -0.3 is 10.6 Å². The summed E-state index contributed by atoms with van der Waals surface area (Å²) in [5.74, 6) is 1.00. The molecule has 108 valence electrons. The Morgan fingerprint density at radius 2 is 1.95 bits per heavy atom. The monoisotopic (exact) mass is 273 g/mol. The van der Waals surface area contributed by atoms with Crippen LogP contribution in [0.3, 0.4) is 0 Å². The molecule has 20 heavy (non-hydrogen) atoms. The molecule has 0 radical (unpaired) electrons. The molecule has 0 amide bonds. The summed E-state index contributed by atoms with van der Waals surface area (Å²) in [6.07, 6.45) is 6.60. The minimum atomic E-state index is 0.812. The lowest BCUT2D eigenvalue weighted by atomic mass is 10.2. The first-order valence-corrected chi connectivity index (χ1v) is 7.04. The summed E-state index contributed by atoms with van der Waals surface area (Å²) in [4.78, 5) is 6.20. The second-order valence-electron chi connectivity index (χ2n) is 5.08. The Morgan fingerprint density at radius 1 is 1.25 bits per heavy atom. The lowest BCUT2D eigenvalue weighted by molar-refractivity contribution is 0.711. The topological polar surface area (TPSA) is 60.0 Å². The van der Waals surface area contributed by atoms with Crippen molar-refractivity contribution in [2.24, 2.45) is 7.05 Å². The molecule has 0 atom stereocenters. The highest BCUT2D eigenvalue weighted by Gasteiger charge is 2.16. The van der Waals surface area contributed by atoms with Crippen LogP contribution in [0.5, 0.6) is 0 Å². The van der Waals surface area contributed by atoms with E-state index in [4.69, 9.17) is 5.73 Å². The molecule has 0 bridgehead atoms. The average Bonchev–Trinajstić information content (AvgIpc) is 2.73. The van der Waals surface area contributed by atoms with E-state index in [2.05, 4.69) is 29.0 Å². The second kappa shape index (κ2) is 6.41. The fourth-order valence-electron chi connectivity index (χ4n) is 2.41. The number of hydrogen-bond donors (Lipinski definition) is 1. The van der Waals surface area contributed by atoms with Crippen molar-refractivity contribution in [2.45, 2.75) is 26.2 Å². The summed E-state index contributed by atoms with van der Waals surface area (Å²) in [7, 11) is 4.01. The maximum Gasteiger partial charge on any atom is 0.150 e. The number of aromatic nitrogens is 3. The predicted molar refractivity (Wildman–Crippen MR) is 82.8 cm³/mol. The van der Waals surface area contributed by atoms with Crippen LogP contribution in [0.2, 0.25) is 0 Å². The van der Waals surface area contributed by atoms with E-state index in [0.29, 0.717) is 0 Å². The number of aryl methyl sites for hydroxylation is 2. The first kappa shape index (κ1) is 14.4. The van der Waals surface area contributed by atoms with Crippen LogP contribution in [-0.4, -0.2) is 28.4 Å². The van der Waals surface area contributed by atoms with Gasteiger partial charge in [0.15, 0.2) is 0 Å². The standard InChI is InChI=1S/C15H23N5/c1-4-5-13-14(16)15(20(3)18-13)19(2)11-8-12-6-9-17-10-7-12/h6-7,9-10H,4-5,8,11,16H2,1-3H3. The number of rotatable bonds is 6. The summed E-state index contributed by atoms with van der Waals surface area (Å²) in [6, 6.07) is 4.09. The molecule has 2 rings (SSSR count). The molecule has 5 heteroatoms. The van der Waals surface area contributed by atoms with Crippen molar-refractivity contribution in [3.05, 3.63) is 35.8 Å². The van der Waals surface area contributed by atoms with Gasteiger partial charge >= 0.3 is 0 Å². The number of nitrogens with two attached hydrogens (primary N) is 1. The van der Waals surface area contributed by atoms with Crippen molar-refractivity contribution in [1.29, 1.82) is 0 Å². The Labute approximate surface area is 120 Å². The van der Waals surface area contributed by atoms with Gasteiger partial charge in [-0.15, -0.1) is 0 Å². The molecule has 0 saturated heterocycles.